The van der Waals surface area contributed by atoms with Crippen LogP contribution in [0.25, 0.3) is 0 Å². The van der Waals surface area contributed by atoms with Crippen LogP contribution in [0.5, 0.6) is 0 Å². The normalized spacial score (nSPS) is 10.1. The van der Waals surface area contributed by atoms with Gasteiger partial charge in [-0.05, 0) is 6.07 Å². The van der Waals surface area contributed by atoms with E-state index in [1.807, 2.05) is 0 Å². The van der Waals surface area contributed by atoms with E-state index in [1.165, 1.54) is 0 Å². The molecule has 0 unspecified atom stereocenters. The van der Waals surface area contributed by atoms with Gasteiger partial charge in [0.2, 0.25) is 0 Å². The van der Waals surface area contributed by atoms with Gasteiger partial charge in [-0.2, -0.15) is 13.2 Å². The average Bonchev–Trinajstić information content (AvgIpc) is 2.02. The number of carboxylic acids is 1. The van der Waals surface area contributed by atoms with Crippen LogP contribution >= 0.6 is 0 Å². The molecule has 0 aliphatic rings. The number of nitrogens with zero attached hydrogens (tertiary/aromatic N) is 1. The first-order valence-corrected chi connectivity index (χ1v) is 3.50. The topological polar surface area (TPSA) is 102 Å². The lowest BCUT2D eigenvalue weighted by Crippen LogP contribution is -2.21. The lowest BCUT2D eigenvalue weighted by atomic mass is 10.4. The van der Waals surface area contributed by atoms with Gasteiger partial charge in [0, 0.05) is 18.0 Å². The molecule has 0 fully saturated rings. The van der Waals surface area contributed by atoms with Gasteiger partial charge in [0.25, 0.3) is 0 Å². The minimum Gasteiger partial charge on any atom is -0.475 e. The number of hydrogen-bond acceptors (Lipinski definition) is 4. The maximum absolute atomic E-state index is 10.6. The van der Waals surface area contributed by atoms with Crippen molar-refractivity contribution in [1.29, 1.82) is 0 Å². The van der Waals surface area contributed by atoms with Gasteiger partial charge in [-0.1, -0.05) is 0 Å². The zero-order chi connectivity index (χ0) is 12.1. The second kappa shape index (κ2) is 5.03. The maximum Gasteiger partial charge on any atom is 0.490 e. The summed E-state index contributed by atoms with van der Waals surface area (Å²) in [6, 6.07) is 3.30. The Bertz CT molecular complexity index is 323. The first-order chi connectivity index (χ1) is 6.73. The van der Waals surface area contributed by atoms with Crippen molar-refractivity contribution in [2.24, 2.45) is 0 Å². The first-order valence-electron chi connectivity index (χ1n) is 3.50. The van der Waals surface area contributed by atoms with Gasteiger partial charge in [-0.15, -0.1) is 0 Å². The van der Waals surface area contributed by atoms with Crippen molar-refractivity contribution in [3.63, 3.8) is 0 Å². The number of hydrogen-bond donors (Lipinski definition) is 3. The van der Waals surface area contributed by atoms with E-state index < -0.39 is 12.1 Å². The summed E-state index contributed by atoms with van der Waals surface area (Å²) in [6.07, 6.45) is -3.51. The smallest absolute Gasteiger partial charge is 0.475 e. The zero-order valence-corrected chi connectivity index (χ0v) is 7.32. The molecule has 5 nitrogen and oxygen atoms in total. The Balaban J connectivity index is 0.000000265. The second-order valence-electron chi connectivity index (χ2n) is 2.32. The molecule has 0 aliphatic carbocycles. The first kappa shape index (κ1) is 13.0. The van der Waals surface area contributed by atoms with Crippen molar-refractivity contribution in [3.8, 4) is 0 Å². The Morgan fingerprint density at radius 1 is 1.40 bits per heavy atom. The Hall–Kier alpha value is -1.99. The number of aliphatic carboxylic acids is 1. The monoisotopic (exact) mass is 223 g/mol. The molecule has 0 saturated carbocycles. The molecule has 5 N–H and O–H groups in total. The summed E-state index contributed by atoms with van der Waals surface area (Å²) in [5.41, 5.74) is 11.3. The molecule has 0 bridgehead atoms. The molecule has 0 saturated heterocycles. The predicted molar refractivity (Wildman–Crippen MR) is 46.8 cm³/mol. The van der Waals surface area contributed by atoms with Gasteiger partial charge >= 0.3 is 12.1 Å². The van der Waals surface area contributed by atoms with Gasteiger partial charge in [0.1, 0.15) is 5.82 Å². The highest BCUT2D eigenvalue weighted by molar-refractivity contribution is 5.73. The summed E-state index contributed by atoms with van der Waals surface area (Å²) in [5, 5.41) is 7.12. The van der Waals surface area contributed by atoms with E-state index in [2.05, 4.69) is 4.98 Å². The van der Waals surface area contributed by atoms with Crippen LogP contribution in [0.3, 0.4) is 0 Å². The summed E-state index contributed by atoms with van der Waals surface area (Å²) in [5.74, 6) is -2.29. The Labute approximate surface area is 82.5 Å². The molecule has 1 aromatic rings. The van der Waals surface area contributed by atoms with E-state index in [1.54, 1.807) is 18.3 Å². The Morgan fingerprint density at radius 2 is 1.87 bits per heavy atom. The van der Waals surface area contributed by atoms with E-state index >= 15 is 0 Å². The standard InChI is InChI=1S/C5H7N3.C2HF3O2/c6-4-1-2-8-5(7)3-4;3-2(4,5)1(6)7/h1-3H,(H4,6,7,8);(H,6,7). The summed E-state index contributed by atoms with van der Waals surface area (Å²) in [7, 11) is 0. The number of aromatic nitrogens is 1. The maximum atomic E-state index is 10.6. The van der Waals surface area contributed by atoms with Crippen LogP contribution in [-0.2, 0) is 4.79 Å². The molecule has 0 aromatic carbocycles. The number of alkyl halides is 3. The van der Waals surface area contributed by atoms with Crippen molar-refractivity contribution in [3.05, 3.63) is 18.3 Å². The molecule has 0 amide bonds. The predicted octanol–water partition coefficient (Wildman–Crippen LogP) is 0.879. The fourth-order valence-corrected chi connectivity index (χ4v) is 0.466. The molecular weight excluding hydrogens is 215 g/mol. The van der Waals surface area contributed by atoms with E-state index in [9.17, 15) is 13.2 Å². The van der Waals surface area contributed by atoms with E-state index in [4.69, 9.17) is 21.4 Å². The van der Waals surface area contributed by atoms with Gasteiger partial charge in [-0.3, -0.25) is 0 Å². The Morgan fingerprint density at radius 3 is 2.07 bits per heavy atom. The highest BCUT2D eigenvalue weighted by Crippen LogP contribution is 2.13. The summed E-state index contributed by atoms with van der Waals surface area (Å²) in [4.78, 5) is 12.6. The molecule has 1 heterocycles. The van der Waals surface area contributed by atoms with Crippen LogP contribution in [0.1, 0.15) is 0 Å². The molecule has 1 rings (SSSR count). The van der Waals surface area contributed by atoms with Crippen molar-refractivity contribution in [2.45, 2.75) is 6.18 Å². The van der Waals surface area contributed by atoms with Crippen LogP contribution in [0.4, 0.5) is 24.7 Å². The molecule has 0 atom stereocenters. The van der Waals surface area contributed by atoms with Crippen LogP contribution in [0.2, 0.25) is 0 Å². The van der Waals surface area contributed by atoms with E-state index in [0.717, 1.165) is 0 Å². The SMILES string of the molecule is Nc1ccnc(N)c1.O=C(O)C(F)(F)F. The minimum atomic E-state index is -5.08. The Kier molecular flexibility index (Phi) is 4.36. The molecule has 1 aromatic heterocycles. The molecule has 8 heteroatoms. The highest BCUT2D eigenvalue weighted by Gasteiger charge is 2.38. The van der Waals surface area contributed by atoms with Crippen LogP contribution in [-0.4, -0.2) is 22.2 Å². The lowest BCUT2D eigenvalue weighted by Gasteiger charge is -1.93. The summed E-state index contributed by atoms with van der Waals surface area (Å²) < 4.78 is 31.7. The van der Waals surface area contributed by atoms with Crippen LogP contribution in [0.15, 0.2) is 18.3 Å². The molecule has 0 spiro atoms. The summed E-state index contributed by atoms with van der Waals surface area (Å²) in [6.45, 7) is 0. The van der Waals surface area contributed by atoms with Crippen molar-refractivity contribution in [1.82, 2.24) is 4.98 Å². The number of carboxylic acid groups (broad SMARTS) is 1. The third kappa shape index (κ3) is 6.13. The number of rotatable bonds is 0. The second-order valence-corrected chi connectivity index (χ2v) is 2.32. The van der Waals surface area contributed by atoms with Gasteiger partial charge in [0.05, 0.1) is 0 Å². The van der Waals surface area contributed by atoms with Gasteiger partial charge in [-0.25, -0.2) is 9.78 Å². The largest absolute Gasteiger partial charge is 0.490 e. The van der Waals surface area contributed by atoms with Crippen LogP contribution < -0.4 is 11.5 Å². The van der Waals surface area contributed by atoms with Crippen molar-refractivity contribution >= 4 is 17.5 Å². The third-order valence-corrected chi connectivity index (χ3v) is 1.05. The van der Waals surface area contributed by atoms with Crippen molar-refractivity contribution < 1.29 is 23.1 Å². The van der Waals surface area contributed by atoms with Crippen molar-refractivity contribution in [2.75, 3.05) is 11.5 Å². The minimum absolute atomic E-state index is 0.463. The van der Waals surface area contributed by atoms with Crippen LogP contribution in [0, 0.1) is 0 Å². The molecular formula is C7H8F3N3O2. The fraction of sp³-hybridized carbons (Fsp3) is 0.143. The quantitative estimate of drug-likeness (QED) is 0.605. The number of carbonyl (C=O) groups is 1. The average molecular weight is 223 g/mol. The lowest BCUT2D eigenvalue weighted by molar-refractivity contribution is -0.192. The zero-order valence-electron chi connectivity index (χ0n) is 7.32. The number of nitrogen functional groups attached to an aromatic ring is 2. The van der Waals surface area contributed by atoms with Gasteiger partial charge < -0.3 is 16.6 Å². The number of pyridine rings is 1. The van der Waals surface area contributed by atoms with E-state index in [-0.39, 0.29) is 0 Å². The third-order valence-electron chi connectivity index (χ3n) is 1.05. The number of halogens is 3. The van der Waals surface area contributed by atoms with E-state index in [0.29, 0.717) is 11.5 Å². The highest BCUT2D eigenvalue weighted by atomic mass is 19.4. The molecule has 0 radical (unpaired) electrons. The number of nitrogens with two attached hydrogens (primary N) is 2. The fourth-order valence-electron chi connectivity index (χ4n) is 0.466. The summed E-state index contributed by atoms with van der Waals surface area (Å²) >= 11 is 0. The molecule has 0 aliphatic heterocycles. The number of anilines is 2. The van der Waals surface area contributed by atoms with Gasteiger partial charge in [0.15, 0.2) is 0 Å². The molecule has 84 valence electrons. The molecule has 15 heavy (non-hydrogen) atoms.